The second-order valence-corrected chi connectivity index (χ2v) is 7.97. The summed E-state index contributed by atoms with van der Waals surface area (Å²) >= 11 is 6.00. The van der Waals surface area contributed by atoms with Crippen LogP contribution in [0.1, 0.15) is 21.5 Å². The van der Waals surface area contributed by atoms with Crippen LogP contribution in [0.25, 0.3) is 0 Å². The number of halogens is 1. The summed E-state index contributed by atoms with van der Waals surface area (Å²) in [5.74, 6) is 0.782. The molecule has 7 heteroatoms. The second-order valence-electron chi connectivity index (χ2n) is 7.54. The molecule has 0 saturated carbocycles. The Kier molecular flexibility index (Phi) is 6.35. The Labute approximate surface area is 181 Å². The fourth-order valence-electron chi connectivity index (χ4n) is 3.62. The lowest BCUT2D eigenvalue weighted by molar-refractivity contribution is 0.0628. The number of nitrogens with zero attached hydrogens (tertiary/aromatic N) is 4. The molecule has 0 unspecified atom stereocenters. The van der Waals surface area contributed by atoms with Crippen molar-refractivity contribution in [3.8, 4) is 5.75 Å². The van der Waals surface area contributed by atoms with Gasteiger partial charge in [0.15, 0.2) is 0 Å². The van der Waals surface area contributed by atoms with Crippen LogP contribution in [-0.2, 0) is 20.2 Å². The molecule has 0 spiro atoms. The minimum absolute atomic E-state index is 0.0700. The van der Waals surface area contributed by atoms with Gasteiger partial charge in [0.2, 0.25) is 0 Å². The van der Waals surface area contributed by atoms with Gasteiger partial charge in [0.05, 0.1) is 6.20 Å². The third-order valence-electron chi connectivity index (χ3n) is 5.20. The molecule has 1 aromatic heterocycles. The minimum Gasteiger partial charge on any atom is -0.489 e. The van der Waals surface area contributed by atoms with Gasteiger partial charge in [-0.15, -0.1) is 0 Å². The Bertz CT molecular complexity index is 1010. The molecule has 1 fully saturated rings. The first-order valence-electron chi connectivity index (χ1n) is 10.0. The average molecular weight is 425 g/mol. The maximum Gasteiger partial charge on any atom is 0.253 e. The lowest BCUT2D eigenvalue weighted by Gasteiger charge is -2.34. The molecule has 0 bridgehead atoms. The van der Waals surface area contributed by atoms with E-state index in [1.165, 1.54) is 5.56 Å². The largest absolute Gasteiger partial charge is 0.489 e. The number of amides is 1. The number of carbonyl (C=O) groups excluding carboxylic acids is 1. The predicted molar refractivity (Wildman–Crippen MR) is 117 cm³/mol. The van der Waals surface area contributed by atoms with E-state index in [2.05, 4.69) is 10.00 Å². The third-order valence-corrected chi connectivity index (χ3v) is 5.43. The van der Waals surface area contributed by atoms with Crippen LogP contribution in [0, 0.1) is 0 Å². The first-order valence-corrected chi connectivity index (χ1v) is 10.4. The molecule has 6 nitrogen and oxygen atoms in total. The highest BCUT2D eigenvalue weighted by atomic mass is 35.5. The lowest BCUT2D eigenvalue weighted by Crippen LogP contribution is -2.48. The van der Waals surface area contributed by atoms with E-state index >= 15 is 0 Å². The summed E-state index contributed by atoms with van der Waals surface area (Å²) in [5, 5.41) is 4.86. The smallest absolute Gasteiger partial charge is 0.253 e. The summed E-state index contributed by atoms with van der Waals surface area (Å²) in [6.45, 7) is 4.42. The molecule has 1 amide bonds. The van der Waals surface area contributed by atoms with E-state index in [9.17, 15) is 4.79 Å². The van der Waals surface area contributed by atoms with Gasteiger partial charge >= 0.3 is 0 Å². The van der Waals surface area contributed by atoms with E-state index in [-0.39, 0.29) is 5.91 Å². The molecule has 1 aliphatic rings. The number of aryl methyl sites for hydroxylation is 1. The molecule has 0 aliphatic carbocycles. The Hall–Kier alpha value is -2.83. The molecule has 0 radical (unpaired) electrons. The van der Waals surface area contributed by atoms with Crippen LogP contribution in [-0.4, -0.2) is 51.7 Å². The van der Waals surface area contributed by atoms with Crippen molar-refractivity contribution in [2.75, 3.05) is 26.2 Å². The molecular weight excluding hydrogens is 400 g/mol. The van der Waals surface area contributed by atoms with Crippen molar-refractivity contribution >= 4 is 17.5 Å². The summed E-state index contributed by atoms with van der Waals surface area (Å²) in [5.41, 5.74) is 2.85. The number of hydrogen-bond donors (Lipinski definition) is 0. The van der Waals surface area contributed by atoms with Crippen LogP contribution in [0.15, 0.2) is 60.9 Å². The molecule has 2 aromatic carbocycles. The van der Waals surface area contributed by atoms with Crippen LogP contribution >= 0.6 is 11.6 Å². The van der Waals surface area contributed by atoms with Gasteiger partial charge in [-0.05, 0) is 35.9 Å². The molecule has 3 aromatic rings. The molecule has 1 aliphatic heterocycles. The summed E-state index contributed by atoms with van der Waals surface area (Å²) < 4.78 is 7.62. The van der Waals surface area contributed by atoms with E-state index < -0.39 is 0 Å². The zero-order valence-electron chi connectivity index (χ0n) is 17.0. The minimum atomic E-state index is 0.0700. The van der Waals surface area contributed by atoms with Crippen LogP contribution < -0.4 is 4.74 Å². The Balaban J connectivity index is 1.32. The number of rotatable bonds is 6. The fraction of sp³-hybridized carbons (Fsp3) is 0.304. The molecule has 156 valence electrons. The van der Waals surface area contributed by atoms with E-state index in [0.29, 0.717) is 22.9 Å². The first-order chi connectivity index (χ1) is 14.6. The van der Waals surface area contributed by atoms with Crippen molar-refractivity contribution in [1.82, 2.24) is 19.6 Å². The maximum atomic E-state index is 13.0. The van der Waals surface area contributed by atoms with Crippen molar-refractivity contribution in [2.24, 2.45) is 7.05 Å². The highest BCUT2D eigenvalue weighted by Gasteiger charge is 2.22. The summed E-state index contributed by atoms with van der Waals surface area (Å²) in [6.07, 6.45) is 3.93. The standard InChI is InChI=1S/C23H25ClN4O2/c1-26-15-19(14-25-26)16-27-8-10-28(11-9-27)23(29)20-5-2-4-18(12-20)17-30-22-7-3-6-21(24)13-22/h2-7,12-15H,8-11,16-17H2,1H3. The van der Waals surface area contributed by atoms with Crippen molar-refractivity contribution in [3.05, 3.63) is 82.6 Å². The van der Waals surface area contributed by atoms with E-state index in [0.717, 1.165) is 38.3 Å². The number of hydrogen-bond acceptors (Lipinski definition) is 4. The fourth-order valence-corrected chi connectivity index (χ4v) is 3.80. The van der Waals surface area contributed by atoms with Crippen LogP contribution in [0.3, 0.4) is 0 Å². The molecule has 0 atom stereocenters. The van der Waals surface area contributed by atoms with Gasteiger partial charge in [0.25, 0.3) is 5.91 Å². The van der Waals surface area contributed by atoms with Crippen LogP contribution in [0.2, 0.25) is 5.02 Å². The van der Waals surface area contributed by atoms with E-state index in [1.54, 1.807) is 6.07 Å². The predicted octanol–water partition coefficient (Wildman–Crippen LogP) is 3.61. The Morgan fingerprint density at radius 3 is 2.60 bits per heavy atom. The lowest BCUT2D eigenvalue weighted by atomic mass is 10.1. The van der Waals surface area contributed by atoms with Gasteiger partial charge in [0, 0.05) is 62.1 Å². The number of piperazine rings is 1. The van der Waals surface area contributed by atoms with Crippen molar-refractivity contribution < 1.29 is 9.53 Å². The molecule has 2 heterocycles. The van der Waals surface area contributed by atoms with Crippen molar-refractivity contribution in [3.63, 3.8) is 0 Å². The van der Waals surface area contributed by atoms with Gasteiger partial charge < -0.3 is 9.64 Å². The SMILES string of the molecule is Cn1cc(CN2CCN(C(=O)c3cccc(COc4cccc(Cl)c4)c3)CC2)cn1. The summed E-state index contributed by atoms with van der Waals surface area (Å²) in [7, 11) is 1.92. The van der Waals surface area contributed by atoms with Gasteiger partial charge in [-0.2, -0.15) is 5.10 Å². The maximum absolute atomic E-state index is 13.0. The highest BCUT2D eigenvalue weighted by Crippen LogP contribution is 2.19. The second kappa shape index (κ2) is 9.32. The number of benzene rings is 2. The first kappa shape index (κ1) is 20.4. The zero-order chi connectivity index (χ0) is 20.9. The molecule has 0 N–H and O–H groups in total. The quantitative estimate of drug-likeness (QED) is 0.606. The third kappa shape index (κ3) is 5.20. The average Bonchev–Trinajstić information content (AvgIpc) is 3.17. The molecule has 4 rings (SSSR count). The van der Waals surface area contributed by atoms with Crippen LogP contribution in [0.4, 0.5) is 0 Å². The topological polar surface area (TPSA) is 50.6 Å². The zero-order valence-corrected chi connectivity index (χ0v) is 17.8. The van der Waals surface area contributed by atoms with Gasteiger partial charge in [-0.25, -0.2) is 0 Å². The van der Waals surface area contributed by atoms with Gasteiger partial charge in [-0.1, -0.05) is 29.8 Å². The number of ether oxygens (including phenoxy) is 1. The van der Waals surface area contributed by atoms with Crippen LogP contribution in [0.5, 0.6) is 5.75 Å². The van der Waals surface area contributed by atoms with Crippen molar-refractivity contribution in [2.45, 2.75) is 13.2 Å². The Morgan fingerprint density at radius 1 is 1.07 bits per heavy atom. The highest BCUT2D eigenvalue weighted by molar-refractivity contribution is 6.30. The normalized spacial score (nSPS) is 14.7. The molecular formula is C23H25ClN4O2. The number of carbonyl (C=O) groups is 1. The van der Waals surface area contributed by atoms with Gasteiger partial charge in [-0.3, -0.25) is 14.4 Å². The van der Waals surface area contributed by atoms with Gasteiger partial charge in [0.1, 0.15) is 12.4 Å². The molecule has 1 saturated heterocycles. The van der Waals surface area contributed by atoms with E-state index in [4.69, 9.17) is 16.3 Å². The molecule has 30 heavy (non-hydrogen) atoms. The van der Waals surface area contributed by atoms with Crippen molar-refractivity contribution in [1.29, 1.82) is 0 Å². The Morgan fingerprint density at radius 2 is 1.87 bits per heavy atom. The summed E-state index contributed by atoms with van der Waals surface area (Å²) in [6, 6.07) is 15.0. The number of aromatic nitrogens is 2. The van der Waals surface area contributed by atoms with E-state index in [1.807, 2.05) is 71.5 Å². The monoisotopic (exact) mass is 424 g/mol. The summed E-state index contributed by atoms with van der Waals surface area (Å²) in [4.78, 5) is 17.3.